The highest BCUT2D eigenvalue weighted by atomic mass is 16.5. The fourth-order valence-electron chi connectivity index (χ4n) is 3.68. The minimum Gasteiger partial charge on any atom is -0.372 e. The van der Waals surface area contributed by atoms with Crippen molar-refractivity contribution in [2.75, 3.05) is 0 Å². The first kappa shape index (κ1) is 19.1. The molecule has 0 fully saturated rings. The predicted octanol–water partition coefficient (Wildman–Crippen LogP) is 1.65. The van der Waals surface area contributed by atoms with Gasteiger partial charge in [0, 0.05) is 12.2 Å². The lowest BCUT2D eigenvalue weighted by Gasteiger charge is -2.12. The summed E-state index contributed by atoms with van der Waals surface area (Å²) in [6, 6.07) is 9.77. The number of ether oxygens (including phenoxy) is 1. The van der Waals surface area contributed by atoms with Crippen LogP contribution in [-0.4, -0.2) is 38.6 Å². The van der Waals surface area contributed by atoms with Crippen LogP contribution in [0.2, 0.25) is 0 Å². The number of amides is 2. The molecule has 2 heterocycles. The number of fused-ring (bicyclic) bond motifs is 2. The number of hydrogen-bond acceptors (Lipinski definition) is 5. The molecule has 1 aliphatic carbocycles. The average molecular weight is 393 g/mol. The van der Waals surface area contributed by atoms with Crippen LogP contribution < -0.4 is 11.1 Å². The number of benzene rings is 1. The number of nitrogens with one attached hydrogen (secondary N) is 1. The van der Waals surface area contributed by atoms with Gasteiger partial charge in [-0.05, 0) is 43.9 Å². The molecule has 0 saturated carbocycles. The van der Waals surface area contributed by atoms with E-state index in [4.69, 9.17) is 10.5 Å². The van der Waals surface area contributed by atoms with Gasteiger partial charge >= 0.3 is 0 Å². The quantitative estimate of drug-likeness (QED) is 0.661. The van der Waals surface area contributed by atoms with Gasteiger partial charge in [0.25, 0.3) is 11.8 Å². The van der Waals surface area contributed by atoms with E-state index in [1.165, 1.54) is 21.8 Å². The molecular weight excluding hydrogens is 370 g/mol. The van der Waals surface area contributed by atoms with Crippen LogP contribution in [0.3, 0.4) is 0 Å². The van der Waals surface area contributed by atoms with E-state index in [2.05, 4.69) is 27.5 Å². The molecule has 0 unspecified atom stereocenters. The van der Waals surface area contributed by atoms with E-state index in [-0.39, 0.29) is 35.9 Å². The lowest BCUT2D eigenvalue weighted by atomic mass is 10.1. The third-order valence-electron chi connectivity index (χ3n) is 5.01. The van der Waals surface area contributed by atoms with Gasteiger partial charge in [-0.15, -0.1) is 0 Å². The largest absolute Gasteiger partial charge is 0.372 e. The van der Waals surface area contributed by atoms with Gasteiger partial charge in [-0.2, -0.15) is 5.10 Å². The molecule has 1 aliphatic rings. The fraction of sp³-hybridized carbons (Fsp3) is 0.333. The maximum Gasteiger partial charge on any atom is 0.270 e. The van der Waals surface area contributed by atoms with Crippen molar-refractivity contribution in [2.45, 2.75) is 45.4 Å². The summed E-state index contributed by atoms with van der Waals surface area (Å²) >= 11 is 0. The molecule has 0 atom stereocenters. The van der Waals surface area contributed by atoms with E-state index in [1.807, 2.05) is 26.0 Å². The Morgan fingerprint density at radius 2 is 1.93 bits per heavy atom. The first-order valence-electron chi connectivity index (χ1n) is 9.59. The summed E-state index contributed by atoms with van der Waals surface area (Å²) in [7, 11) is 0. The Bertz CT molecular complexity index is 1060. The number of carbonyl (C=O) groups excluding carboxylic acids is 2. The van der Waals surface area contributed by atoms with Gasteiger partial charge in [0.15, 0.2) is 5.65 Å². The van der Waals surface area contributed by atoms with Gasteiger partial charge in [-0.25, -0.2) is 9.50 Å². The number of nitrogens with two attached hydrogens (primary N) is 1. The van der Waals surface area contributed by atoms with Crippen molar-refractivity contribution in [3.8, 4) is 0 Å². The lowest BCUT2D eigenvalue weighted by molar-refractivity contribution is 0.0625. The Balaban J connectivity index is 1.63. The first-order valence-corrected chi connectivity index (χ1v) is 9.59. The van der Waals surface area contributed by atoms with E-state index in [1.54, 1.807) is 6.07 Å². The summed E-state index contributed by atoms with van der Waals surface area (Å²) < 4.78 is 6.95. The monoisotopic (exact) mass is 393 g/mol. The molecule has 3 aromatic rings. The minimum absolute atomic E-state index is 0.0121. The highest BCUT2D eigenvalue weighted by molar-refractivity contribution is 6.01. The molecule has 8 heteroatoms. The van der Waals surface area contributed by atoms with Gasteiger partial charge in [-0.1, -0.05) is 24.3 Å². The predicted molar refractivity (Wildman–Crippen MR) is 107 cm³/mol. The summed E-state index contributed by atoms with van der Waals surface area (Å²) in [6.45, 7) is 3.88. The minimum atomic E-state index is -0.654. The normalized spacial score (nSPS) is 13.8. The van der Waals surface area contributed by atoms with Crippen LogP contribution in [0.1, 0.15) is 51.5 Å². The van der Waals surface area contributed by atoms with Crippen molar-refractivity contribution in [3.05, 3.63) is 64.6 Å². The van der Waals surface area contributed by atoms with Gasteiger partial charge in [0.05, 0.1) is 12.7 Å². The topological polar surface area (TPSA) is 112 Å². The highest BCUT2D eigenvalue weighted by Gasteiger charge is 2.26. The molecule has 2 amide bonds. The van der Waals surface area contributed by atoms with E-state index < -0.39 is 5.91 Å². The van der Waals surface area contributed by atoms with E-state index in [9.17, 15) is 9.59 Å². The Hall–Kier alpha value is -3.26. The Morgan fingerprint density at radius 1 is 1.24 bits per heavy atom. The number of aromatic nitrogens is 3. The zero-order chi connectivity index (χ0) is 20.5. The maximum absolute atomic E-state index is 13.0. The summed E-state index contributed by atoms with van der Waals surface area (Å²) in [6.07, 6.45) is 3.01. The summed E-state index contributed by atoms with van der Waals surface area (Å²) in [5, 5.41) is 7.48. The van der Waals surface area contributed by atoms with Gasteiger partial charge < -0.3 is 15.8 Å². The Morgan fingerprint density at radius 3 is 2.55 bits per heavy atom. The zero-order valence-corrected chi connectivity index (χ0v) is 16.4. The number of hydrogen-bond donors (Lipinski definition) is 2. The molecular formula is C21H23N5O3. The van der Waals surface area contributed by atoms with Crippen molar-refractivity contribution in [2.24, 2.45) is 5.73 Å². The molecule has 150 valence electrons. The van der Waals surface area contributed by atoms with Crippen molar-refractivity contribution in [3.63, 3.8) is 0 Å². The summed E-state index contributed by atoms with van der Waals surface area (Å²) in [5.41, 5.74) is 9.14. The molecule has 8 nitrogen and oxygen atoms in total. The van der Waals surface area contributed by atoms with Crippen LogP contribution in [0.15, 0.2) is 36.5 Å². The molecule has 0 radical (unpaired) electrons. The van der Waals surface area contributed by atoms with Gasteiger partial charge in [0.2, 0.25) is 0 Å². The van der Waals surface area contributed by atoms with Crippen LogP contribution >= 0.6 is 0 Å². The third kappa shape index (κ3) is 3.71. The number of nitrogens with zero attached hydrogens (tertiary/aromatic N) is 3. The van der Waals surface area contributed by atoms with Crippen LogP contribution in [-0.2, 0) is 24.2 Å². The van der Waals surface area contributed by atoms with Gasteiger partial charge in [0.1, 0.15) is 17.0 Å². The van der Waals surface area contributed by atoms with E-state index >= 15 is 0 Å². The molecule has 3 N–H and O–H groups in total. The standard InChI is InChI=1S/C21H23N5O3/c1-12(2)29-11-16-18(19(22)27)20-23-8-7-17(26(20)25-16)21(28)24-15-9-13-5-3-4-6-14(13)10-15/h3-8,12,15H,9-11H2,1-2H3,(H2,22,27)(H,24,28). The molecule has 29 heavy (non-hydrogen) atoms. The number of primary amides is 1. The Kier molecular flexibility index (Phi) is 5.02. The highest BCUT2D eigenvalue weighted by Crippen LogP contribution is 2.22. The number of carbonyl (C=O) groups is 2. The summed E-state index contributed by atoms with van der Waals surface area (Å²) in [4.78, 5) is 29.2. The van der Waals surface area contributed by atoms with Crippen LogP contribution in [0.5, 0.6) is 0 Å². The van der Waals surface area contributed by atoms with Crippen LogP contribution in [0.4, 0.5) is 0 Å². The second-order valence-electron chi connectivity index (χ2n) is 7.46. The second-order valence-corrected chi connectivity index (χ2v) is 7.46. The van der Waals surface area contributed by atoms with Gasteiger partial charge in [-0.3, -0.25) is 9.59 Å². The lowest BCUT2D eigenvalue weighted by Crippen LogP contribution is -2.36. The summed E-state index contributed by atoms with van der Waals surface area (Å²) in [5.74, 6) is -0.927. The van der Waals surface area contributed by atoms with E-state index in [0.29, 0.717) is 11.4 Å². The van der Waals surface area contributed by atoms with Crippen LogP contribution in [0.25, 0.3) is 5.65 Å². The average Bonchev–Trinajstić information content (AvgIpc) is 3.26. The zero-order valence-electron chi connectivity index (χ0n) is 16.4. The SMILES string of the molecule is CC(C)OCc1nn2c(C(=O)NC3Cc4ccccc4C3)ccnc2c1C(N)=O. The molecule has 1 aromatic carbocycles. The molecule has 0 aliphatic heterocycles. The third-order valence-corrected chi connectivity index (χ3v) is 5.01. The van der Waals surface area contributed by atoms with Crippen molar-refractivity contribution in [1.29, 1.82) is 0 Å². The fourth-order valence-corrected chi connectivity index (χ4v) is 3.68. The maximum atomic E-state index is 13.0. The van der Waals surface area contributed by atoms with E-state index in [0.717, 1.165) is 12.8 Å². The smallest absolute Gasteiger partial charge is 0.270 e. The van der Waals surface area contributed by atoms with Crippen LogP contribution in [0, 0.1) is 0 Å². The Labute approximate surface area is 168 Å². The van der Waals surface area contributed by atoms with Crippen molar-refractivity contribution < 1.29 is 14.3 Å². The molecule has 0 spiro atoms. The number of rotatable bonds is 6. The van der Waals surface area contributed by atoms with Crippen molar-refractivity contribution in [1.82, 2.24) is 19.9 Å². The second kappa shape index (κ2) is 7.63. The first-order chi connectivity index (χ1) is 13.9. The van der Waals surface area contributed by atoms with Crippen molar-refractivity contribution >= 4 is 17.5 Å². The molecule has 2 aromatic heterocycles. The molecule has 0 bridgehead atoms. The molecule has 0 saturated heterocycles. The molecule has 4 rings (SSSR count).